The average Bonchev–Trinajstić information content (AvgIpc) is 2.78. The molecule has 24 heavy (non-hydrogen) atoms. The summed E-state index contributed by atoms with van der Waals surface area (Å²) >= 11 is 3.47. The SMILES string of the molecule is Cc1nn(CCCNC(=O)c2ccc(OC(F)F)cc2)c(C)c1Br. The molecule has 5 nitrogen and oxygen atoms in total. The number of carbonyl (C=O) groups excluding carboxylic acids is 1. The molecule has 0 bridgehead atoms. The number of alkyl halides is 2. The lowest BCUT2D eigenvalue weighted by Crippen LogP contribution is -2.25. The summed E-state index contributed by atoms with van der Waals surface area (Å²) in [5, 5.41) is 7.19. The molecule has 0 spiro atoms. The van der Waals surface area contributed by atoms with Gasteiger partial charge < -0.3 is 10.1 Å². The first-order valence-corrected chi connectivity index (χ1v) is 8.20. The third kappa shape index (κ3) is 4.77. The van der Waals surface area contributed by atoms with Crippen molar-refractivity contribution in [2.24, 2.45) is 0 Å². The highest BCUT2D eigenvalue weighted by atomic mass is 79.9. The zero-order valence-electron chi connectivity index (χ0n) is 13.4. The van der Waals surface area contributed by atoms with Gasteiger partial charge in [-0.1, -0.05) is 0 Å². The van der Waals surface area contributed by atoms with Crippen molar-refractivity contribution in [2.75, 3.05) is 6.54 Å². The van der Waals surface area contributed by atoms with Crippen molar-refractivity contribution in [2.45, 2.75) is 33.4 Å². The Morgan fingerprint density at radius 3 is 2.54 bits per heavy atom. The van der Waals surface area contributed by atoms with Gasteiger partial charge in [0, 0.05) is 24.3 Å². The van der Waals surface area contributed by atoms with Crippen LogP contribution in [0.1, 0.15) is 28.2 Å². The van der Waals surface area contributed by atoms with Crippen molar-refractivity contribution >= 4 is 21.8 Å². The zero-order chi connectivity index (χ0) is 17.7. The largest absolute Gasteiger partial charge is 0.435 e. The van der Waals surface area contributed by atoms with Gasteiger partial charge in [0.1, 0.15) is 5.75 Å². The van der Waals surface area contributed by atoms with E-state index in [2.05, 4.69) is 31.1 Å². The number of hydrogen-bond donors (Lipinski definition) is 1. The molecular formula is C16H18BrF2N3O2. The lowest BCUT2D eigenvalue weighted by atomic mass is 10.2. The molecule has 2 rings (SSSR count). The van der Waals surface area contributed by atoms with E-state index < -0.39 is 6.61 Å². The maximum absolute atomic E-state index is 12.1. The number of aromatic nitrogens is 2. The van der Waals surface area contributed by atoms with Gasteiger partial charge in [-0.25, -0.2) is 0 Å². The Morgan fingerprint density at radius 2 is 2.00 bits per heavy atom. The zero-order valence-corrected chi connectivity index (χ0v) is 14.9. The summed E-state index contributed by atoms with van der Waals surface area (Å²) in [5.41, 5.74) is 2.38. The Bertz CT molecular complexity index is 702. The van der Waals surface area contributed by atoms with Gasteiger partial charge in [-0.2, -0.15) is 13.9 Å². The molecule has 8 heteroatoms. The Morgan fingerprint density at radius 1 is 1.33 bits per heavy atom. The second-order valence-corrected chi connectivity index (χ2v) is 6.01. The minimum Gasteiger partial charge on any atom is -0.435 e. The van der Waals surface area contributed by atoms with Gasteiger partial charge in [0.15, 0.2) is 0 Å². The molecule has 1 aromatic carbocycles. The Balaban J connectivity index is 1.79. The van der Waals surface area contributed by atoms with Crippen LogP contribution in [0.15, 0.2) is 28.7 Å². The number of benzene rings is 1. The molecule has 0 aliphatic rings. The number of amides is 1. The van der Waals surface area contributed by atoms with E-state index in [1.54, 1.807) is 0 Å². The average molecular weight is 402 g/mol. The van der Waals surface area contributed by atoms with Crippen LogP contribution in [0.4, 0.5) is 8.78 Å². The van der Waals surface area contributed by atoms with E-state index in [-0.39, 0.29) is 11.7 Å². The third-order valence-corrected chi connectivity index (χ3v) is 4.61. The molecule has 0 fully saturated rings. The van der Waals surface area contributed by atoms with Crippen LogP contribution in [0.5, 0.6) is 5.75 Å². The maximum Gasteiger partial charge on any atom is 0.387 e. The molecule has 0 atom stereocenters. The van der Waals surface area contributed by atoms with Crippen LogP contribution in [-0.2, 0) is 6.54 Å². The first kappa shape index (κ1) is 18.4. The van der Waals surface area contributed by atoms with Gasteiger partial charge in [0.2, 0.25) is 0 Å². The molecule has 0 unspecified atom stereocenters. The number of aryl methyl sites for hydroxylation is 2. The highest BCUT2D eigenvalue weighted by Gasteiger charge is 2.09. The van der Waals surface area contributed by atoms with E-state index in [0.29, 0.717) is 18.7 Å². The molecule has 1 heterocycles. The number of nitrogens with zero attached hydrogens (tertiary/aromatic N) is 2. The van der Waals surface area contributed by atoms with Gasteiger partial charge in [-0.05, 0) is 60.5 Å². The summed E-state index contributed by atoms with van der Waals surface area (Å²) in [5.74, 6) is -0.232. The topological polar surface area (TPSA) is 56.2 Å². The fourth-order valence-corrected chi connectivity index (χ4v) is 2.50. The standard InChI is InChI=1S/C16H18BrF2N3O2/c1-10-14(17)11(2)22(21-10)9-3-8-20-15(23)12-4-6-13(7-5-12)24-16(18)19/h4-7,16H,3,8-9H2,1-2H3,(H,20,23). The van der Waals surface area contributed by atoms with E-state index in [1.807, 2.05) is 18.5 Å². The molecule has 1 amide bonds. The quantitative estimate of drug-likeness (QED) is 0.719. The van der Waals surface area contributed by atoms with Gasteiger partial charge in [0.05, 0.1) is 10.2 Å². The first-order valence-electron chi connectivity index (χ1n) is 7.41. The fourth-order valence-electron chi connectivity index (χ4n) is 2.21. The Kier molecular flexibility index (Phi) is 6.30. The van der Waals surface area contributed by atoms with Crippen LogP contribution in [0, 0.1) is 13.8 Å². The van der Waals surface area contributed by atoms with E-state index in [0.717, 1.165) is 22.3 Å². The lowest BCUT2D eigenvalue weighted by molar-refractivity contribution is -0.0498. The number of carbonyl (C=O) groups is 1. The van der Waals surface area contributed by atoms with Crippen molar-refractivity contribution in [1.29, 1.82) is 0 Å². The minimum absolute atomic E-state index is 0.0247. The van der Waals surface area contributed by atoms with Crippen LogP contribution in [0.2, 0.25) is 0 Å². The predicted molar refractivity (Wildman–Crippen MR) is 89.4 cm³/mol. The third-order valence-electron chi connectivity index (χ3n) is 3.47. The van der Waals surface area contributed by atoms with Crippen LogP contribution in [0.25, 0.3) is 0 Å². The number of halogens is 3. The molecule has 1 N–H and O–H groups in total. The van der Waals surface area contributed by atoms with Crippen molar-refractivity contribution in [3.63, 3.8) is 0 Å². The summed E-state index contributed by atoms with van der Waals surface area (Å²) in [7, 11) is 0. The number of nitrogens with one attached hydrogen (secondary N) is 1. The van der Waals surface area contributed by atoms with Crippen molar-refractivity contribution in [3.05, 3.63) is 45.7 Å². The van der Waals surface area contributed by atoms with Crippen molar-refractivity contribution < 1.29 is 18.3 Å². The van der Waals surface area contributed by atoms with Gasteiger partial charge in [0.25, 0.3) is 5.91 Å². The molecule has 0 radical (unpaired) electrons. The predicted octanol–water partition coefficient (Wildman–Crippen LogP) is 3.68. The van der Waals surface area contributed by atoms with Crippen LogP contribution < -0.4 is 10.1 Å². The molecule has 2 aromatic rings. The molecule has 0 aliphatic heterocycles. The lowest BCUT2D eigenvalue weighted by Gasteiger charge is -2.08. The monoisotopic (exact) mass is 401 g/mol. The molecule has 0 saturated carbocycles. The molecule has 0 aliphatic carbocycles. The van der Waals surface area contributed by atoms with Crippen LogP contribution in [-0.4, -0.2) is 28.8 Å². The smallest absolute Gasteiger partial charge is 0.387 e. The summed E-state index contributed by atoms with van der Waals surface area (Å²) in [4.78, 5) is 12.0. The van der Waals surface area contributed by atoms with Crippen LogP contribution >= 0.6 is 15.9 Å². The van der Waals surface area contributed by atoms with E-state index in [4.69, 9.17) is 0 Å². The summed E-state index contributed by atoms with van der Waals surface area (Å²) < 4.78 is 31.3. The maximum atomic E-state index is 12.1. The van der Waals surface area contributed by atoms with Crippen molar-refractivity contribution in [1.82, 2.24) is 15.1 Å². The second-order valence-electron chi connectivity index (χ2n) is 5.22. The highest BCUT2D eigenvalue weighted by Crippen LogP contribution is 2.19. The number of ether oxygens (including phenoxy) is 1. The Labute approximate surface area is 147 Å². The fraction of sp³-hybridized carbons (Fsp3) is 0.375. The first-order chi connectivity index (χ1) is 11.4. The normalized spacial score (nSPS) is 10.9. The summed E-state index contributed by atoms with van der Waals surface area (Å²) in [6.07, 6.45) is 0.729. The van der Waals surface area contributed by atoms with E-state index in [1.165, 1.54) is 24.3 Å². The van der Waals surface area contributed by atoms with Gasteiger partial charge >= 0.3 is 6.61 Å². The highest BCUT2D eigenvalue weighted by molar-refractivity contribution is 9.10. The Hall–Kier alpha value is -1.96. The summed E-state index contributed by atoms with van der Waals surface area (Å²) in [6, 6.07) is 5.58. The van der Waals surface area contributed by atoms with E-state index >= 15 is 0 Å². The molecule has 1 aromatic heterocycles. The van der Waals surface area contributed by atoms with E-state index in [9.17, 15) is 13.6 Å². The van der Waals surface area contributed by atoms with Gasteiger partial charge in [-0.3, -0.25) is 9.48 Å². The second kappa shape index (κ2) is 8.23. The molecule has 0 saturated heterocycles. The molecular weight excluding hydrogens is 384 g/mol. The van der Waals surface area contributed by atoms with Crippen molar-refractivity contribution in [3.8, 4) is 5.75 Å². The number of hydrogen-bond acceptors (Lipinski definition) is 3. The molecule has 130 valence electrons. The number of rotatable bonds is 7. The van der Waals surface area contributed by atoms with Gasteiger partial charge in [-0.15, -0.1) is 0 Å². The summed E-state index contributed by atoms with van der Waals surface area (Å²) in [6.45, 7) is 2.21. The van der Waals surface area contributed by atoms with Crippen LogP contribution in [0.3, 0.4) is 0 Å². The minimum atomic E-state index is -2.88.